The summed E-state index contributed by atoms with van der Waals surface area (Å²) in [6.07, 6.45) is 5.33. The molecular weight excluding hydrogens is 368 g/mol. The predicted molar refractivity (Wildman–Crippen MR) is 114 cm³/mol. The molecule has 0 aromatic heterocycles. The Morgan fingerprint density at radius 2 is 1.82 bits per heavy atom. The van der Waals surface area contributed by atoms with E-state index in [0.717, 1.165) is 17.0 Å². The van der Waals surface area contributed by atoms with Crippen LogP contribution in [-0.2, 0) is 9.59 Å². The van der Waals surface area contributed by atoms with Gasteiger partial charge in [-0.3, -0.25) is 9.59 Å². The fraction of sp³-hybridized carbons (Fsp3) is 0.304. The van der Waals surface area contributed by atoms with Crippen LogP contribution in [0.2, 0.25) is 0 Å². The smallest absolute Gasteiger partial charge is 0.228 e. The van der Waals surface area contributed by atoms with Crippen LogP contribution in [0.5, 0.6) is 0 Å². The molecule has 1 fully saturated rings. The molecule has 1 saturated heterocycles. The number of carbonyl (C=O) groups excluding carboxylic acids is 2. The molecule has 0 bridgehead atoms. The summed E-state index contributed by atoms with van der Waals surface area (Å²) in [5.41, 5.74) is 3.40. The third-order valence-electron chi connectivity index (χ3n) is 5.52. The van der Waals surface area contributed by atoms with Gasteiger partial charge in [0.2, 0.25) is 11.8 Å². The number of amides is 2. The summed E-state index contributed by atoms with van der Waals surface area (Å²) < 4.78 is 0. The first-order valence-corrected chi connectivity index (χ1v) is 10.9. The average Bonchev–Trinajstić information content (AvgIpc) is 3.15. The molecule has 0 aliphatic carbocycles. The molecule has 0 saturated carbocycles. The maximum absolute atomic E-state index is 13.0. The van der Waals surface area contributed by atoms with Gasteiger partial charge in [0.1, 0.15) is 0 Å². The lowest BCUT2D eigenvalue weighted by atomic mass is 9.98. The Hall–Kier alpha value is -2.53. The maximum Gasteiger partial charge on any atom is 0.228 e. The van der Waals surface area contributed by atoms with Crippen molar-refractivity contribution in [2.75, 3.05) is 30.8 Å². The number of rotatable bonds is 4. The summed E-state index contributed by atoms with van der Waals surface area (Å²) in [7, 11) is 0. The fourth-order valence-electron chi connectivity index (χ4n) is 3.93. The largest absolute Gasteiger partial charge is 0.338 e. The monoisotopic (exact) mass is 392 g/mol. The molecule has 5 heteroatoms. The SMILES string of the molecule is CSc1ccc(N2CC(C(=O)N3CC=C(c4ccccc4)CC3)CC2=O)cc1. The Labute approximate surface area is 170 Å². The zero-order chi connectivity index (χ0) is 19.5. The van der Waals surface area contributed by atoms with E-state index in [1.54, 1.807) is 16.7 Å². The molecule has 28 heavy (non-hydrogen) atoms. The first-order valence-electron chi connectivity index (χ1n) is 9.63. The van der Waals surface area contributed by atoms with Crippen LogP contribution < -0.4 is 4.90 Å². The van der Waals surface area contributed by atoms with E-state index in [-0.39, 0.29) is 17.7 Å². The van der Waals surface area contributed by atoms with Gasteiger partial charge in [-0.1, -0.05) is 36.4 Å². The van der Waals surface area contributed by atoms with Gasteiger partial charge in [-0.2, -0.15) is 0 Å². The number of benzene rings is 2. The summed E-state index contributed by atoms with van der Waals surface area (Å²) in [6, 6.07) is 18.3. The van der Waals surface area contributed by atoms with Gasteiger partial charge in [0.15, 0.2) is 0 Å². The summed E-state index contributed by atoms with van der Waals surface area (Å²) in [4.78, 5) is 30.3. The number of carbonyl (C=O) groups is 2. The molecule has 4 rings (SSSR count). The number of hydrogen-bond donors (Lipinski definition) is 0. The van der Waals surface area contributed by atoms with Crippen molar-refractivity contribution >= 4 is 34.8 Å². The van der Waals surface area contributed by atoms with Crippen molar-refractivity contribution in [1.82, 2.24) is 4.90 Å². The third-order valence-corrected chi connectivity index (χ3v) is 6.27. The van der Waals surface area contributed by atoms with E-state index in [1.807, 2.05) is 53.6 Å². The Morgan fingerprint density at radius 1 is 1.07 bits per heavy atom. The molecule has 0 N–H and O–H groups in total. The van der Waals surface area contributed by atoms with E-state index in [0.29, 0.717) is 26.1 Å². The van der Waals surface area contributed by atoms with Crippen molar-refractivity contribution in [3.63, 3.8) is 0 Å². The summed E-state index contributed by atoms with van der Waals surface area (Å²) >= 11 is 1.67. The van der Waals surface area contributed by atoms with Gasteiger partial charge in [0, 0.05) is 36.6 Å². The molecule has 1 atom stereocenters. The molecule has 4 nitrogen and oxygen atoms in total. The van der Waals surface area contributed by atoms with Gasteiger partial charge in [-0.25, -0.2) is 0 Å². The lowest BCUT2D eigenvalue weighted by molar-refractivity contribution is -0.135. The zero-order valence-electron chi connectivity index (χ0n) is 16.0. The summed E-state index contributed by atoms with van der Waals surface area (Å²) in [5.74, 6) is -0.118. The van der Waals surface area contributed by atoms with Crippen LogP contribution in [0.1, 0.15) is 18.4 Å². The highest BCUT2D eigenvalue weighted by Gasteiger charge is 2.37. The van der Waals surface area contributed by atoms with Gasteiger partial charge in [0.25, 0.3) is 0 Å². The normalized spacial score (nSPS) is 19.7. The minimum absolute atomic E-state index is 0.0350. The second-order valence-electron chi connectivity index (χ2n) is 7.23. The minimum Gasteiger partial charge on any atom is -0.338 e. The van der Waals surface area contributed by atoms with Gasteiger partial charge >= 0.3 is 0 Å². The van der Waals surface area contributed by atoms with Crippen LogP contribution >= 0.6 is 11.8 Å². The van der Waals surface area contributed by atoms with E-state index < -0.39 is 0 Å². The van der Waals surface area contributed by atoms with Crippen molar-refractivity contribution in [1.29, 1.82) is 0 Å². The standard InChI is InChI=1S/C23H24N2O2S/c1-28-21-9-7-20(8-10-21)25-16-19(15-22(25)26)23(27)24-13-11-18(12-14-24)17-5-3-2-4-6-17/h2-11,19H,12-16H2,1H3. The average molecular weight is 393 g/mol. The minimum atomic E-state index is -0.251. The number of thioether (sulfide) groups is 1. The number of anilines is 1. The Morgan fingerprint density at radius 3 is 2.46 bits per heavy atom. The van der Waals surface area contributed by atoms with Crippen LogP contribution in [0.3, 0.4) is 0 Å². The van der Waals surface area contributed by atoms with Crippen LogP contribution in [0, 0.1) is 5.92 Å². The molecule has 0 radical (unpaired) electrons. The molecule has 2 aromatic rings. The third kappa shape index (κ3) is 3.85. The fourth-order valence-corrected chi connectivity index (χ4v) is 4.33. The zero-order valence-corrected chi connectivity index (χ0v) is 16.8. The number of hydrogen-bond acceptors (Lipinski definition) is 3. The highest BCUT2D eigenvalue weighted by atomic mass is 32.2. The van der Waals surface area contributed by atoms with Gasteiger partial charge in [0.05, 0.1) is 5.92 Å². The molecule has 2 heterocycles. The predicted octanol–water partition coefficient (Wildman–Crippen LogP) is 4.08. The quantitative estimate of drug-likeness (QED) is 0.736. The maximum atomic E-state index is 13.0. The highest BCUT2D eigenvalue weighted by Crippen LogP contribution is 2.29. The van der Waals surface area contributed by atoms with Crippen LogP contribution in [-0.4, -0.2) is 42.6 Å². The van der Waals surface area contributed by atoms with Crippen LogP contribution in [0.4, 0.5) is 5.69 Å². The lowest BCUT2D eigenvalue weighted by Gasteiger charge is -2.29. The molecule has 0 spiro atoms. The molecule has 2 amide bonds. The van der Waals surface area contributed by atoms with Crippen LogP contribution in [0.15, 0.2) is 65.6 Å². The molecular formula is C23H24N2O2S. The lowest BCUT2D eigenvalue weighted by Crippen LogP contribution is -2.39. The van der Waals surface area contributed by atoms with E-state index >= 15 is 0 Å². The molecule has 2 aliphatic heterocycles. The van der Waals surface area contributed by atoms with Gasteiger partial charge in [-0.15, -0.1) is 11.8 Å². The van der Waals surface area contributed by atoms with Crippen LogP contribution in [0.25, 0.3) is 5.57 Å². The van der Waals surface area contributed by atoms with Crippen molar-refractivity contribution in [2.24, 2.45) is 5.92 Å². The Balaban J connectivity index is 1.40. The summed E-state index contributed by atoms with van der Waals surface area (Å²) in [5, 5.41) is 0. The second-order valence-corrected chi connectivity index (χ2v) is 8.11. The van der Waals surface area contributed by atoms with E-state index in [9.17, 15) is 9.59 Å². The first-order chi connectivity index (χ1) is 13.7. The number of nitrogens with zero attached hydrogens (tertiary/aromatic N) is 2. The molecule has 2 aliphatic rings. The molecule has 2 aromatic carbocycles. The van der Waals surface area contributed by atoms with E-state index in [1.165, 1.54) is 11.1 Å². The highest BCUT2D eigenvalue weighted by molar-refractivity contribution is 7.98. The van der Waals surface area contributed by atoms with Gasteiger partial charge in [-0.05, 0) is 48.1 Å². The Bertz CT molecular complexity index is 893. The van der Waals surface area contributed by atoms with E-state index in [4.69, 9.17) is 0 Å². The van der Waals surface area contributed by atoms with Crippen molar-refractivity contribution in [3.8, 4) is 0 Å². The van der Waals surface area contributed by atoms with Crippen molar-refractivity contribution in [2.45, 2.75) is 17.7 Å². The molecule has 144 valence electrons. The topological polar surface area (TPSA) is 40.6 Å². The van der Waals surface area contributed by atoms with Crippen molar-refractivity contribution < 1.29 is 9.59 Å². The van der Waals surface area contributed by atoms with Gasteiger partial charge < -0.3 is 9.80 Å². The second kappa shape index (κ2) is 8.23. The van der Waals surface area contributed by atoms with E-state index in [2.05, 4.69) is 18.2 Å². The summed E-state index contributed by atoms with van der Waals surface area (Å²) in [6.45, 7) is 1.81. The van der Waals surface area contributed by atoms with Crippen molar-refractivity contribution in [3.05, 3.63) is 66.2 Å². The molecule has 1 unspecified atom stereocenters. The first kappa shape index (κ1) is 18.8. The Kier molecular flexibility index (Phi) is 5.53.